The van der Waals surface area contributed by atoms with Crippen molar-refractivity contribution in [3.05, 3.63) is 59.7 Å². The zero-order chi connectivity index (χ0) is 18.9. The fourth-order valence-electron chi connectivity index (χ4n) is 2.74. The number of ketones is 1. The van der Waals surface area contributed by atoms with E-state index in [1.165, 1.54) is 0 Å². The van der Waals surface area contributed by atoms with Gasteiger partial charge < -0.3 is 15.4 Å². The summed E-state index contributed by atoms with van der Waals surface area (Å²) in [6.45, 7) is 1.12. The second-order valence-corrected chi connectivity index (χ2v) is 6.25. The number of Topliss-reactive ketones (excluding diaryl/α,β-unsaturated/α-hetero) is 1. The second kappa shape index (κ2) is 9.85. The lowest BCUT2D eigenvalue weighted by Crippen LogP contribution is -2.32. The lowest BCUT2D eigenvalue weighted by molar-refractivity contribution is -0.128. The number of methoxy groups -OCH3 is 1. The summed E-state index contributed by atoms with van der Waals surface area (Å²) in [5.74, 6) is 0.0380. The third-order valence-electron chi connectivity index (χ3n) is 4.24. The normalized spacial score (nSPS) is 10.6. The summed E-state index contributed by atoms with van der Waals surface area (Å²) in [4.78, 5) is 25.4. The Labute approximate surface area is 154 Å². The van der Waals surface area contributed by atoms with E-state index in [0.29, 0.717) is 25.1 Å². The molecule has 0 fully saturated rings. The molecule has 0 heterocycles. The van der Waals surface area contributed by atoms with Gasteiger partial charge >= 0.3 is 0 Å². The van der Waals surface area contributed by atoms with Gasteiger partial charge in [-0.25, -0.2) is 0 Å². The van der Waals surface area contributed by atoms with E-state index in [1.54, 1.807) is 19.1 Å². The fraction of sp³-hybridized carbons (Fsp3) is 0.333. The summed E-state index contributed by atoms with van der Waals surface area (Å²) >= 11 is 0. The predicted octanol–water partition coefficient (Wildman–Crippen LogP) is 2.88. The zero-order valence-electron chi connectivity index (χ0n) is 15.4. The average molecular weight is 354 g/mol. The Morgan fingerprint density at radius 3 is 2.46 bits per heavy atom. The molecule has 0 saturated carbocycles. The summed E-state index contributed by atoms with van der Waals surface area (Å²) < 4.78 is 4.98. The molecular formula is C21H26N2O3. The standard InChI is InChI=1S/C21H26N2O3/c1-23(21(25)14-22)15-16-5-3-6-19(13-16)17-8-10-18(11-9-17)20(24)7-4-12-26-2/h3,5-6,8-11,13H,4,7,12,14-15,22H2,1-2H3. The van der Waals surface area contributed by atoms with Gasteiger partial charge in [0.2, 0.25) is 5.91 Å². The van der Waals surface area contributed by atoms with Crippen LogP contribution in [0.15, 0.2) is 48.5 Å². The van der Waals surface area contributed by atoms with Crippen molar-refractivity contribution in [3.63, 3.8) is 0 Å². The number of carbonyl (C=O) groups excluding carboxylic acids is 2. The summed E-state index contributed by atoms with van der Waals surface area (Å²) in [6.07, 6.45) is 1.22. The van der Waals surface area contributed by atoms with Crippen molar-refractivity contribution in [1.29, 1.82) is 0 Å². The number of rotatable bonds is 9. The molecule has 0 aliphatic carbocycles. The SMILES string of the molecule is COCCCC(=O)c1ccc(-c2cccc(CN(C)C(=O)CN)c2)cc1. The minimum atomic E-state index is -0.0910. The first-order chi connectivity index (χ1) is 12.5. The van der Waals surface area contributed by atoms with Crippen molar-refractivity contribution in [1.82, 2.24) is 4.90 Å². The van der Waals surface area contributed by atoms with Crippen molar-refractivity contribution in [2.24, 2.45) is 5.73 Å². The number of amides is 1. The fourth-order valence-corrected chi connectivity index (χ4v) is 2.74. The zero-order valence-corrected chi connectivity index (χ0v) is 15.4. The lowest BCUT2D eigenvalue weighted by atomic mass is 9.99. The Hall–Kier alpha value is -2.50. The van der Waals surface area contributed by atoms with E-state index in [-0.39, 0.29) is 18.2 Å². The van der Waals surface area contributed by atoms with Crippen LogP contribution in [-0.2, 0) is 16.1 Å². The first-order valence-electron chi connectivity index (χ1n) is 8.70. The van der Waals surface area contributed by atoms with Crippen LogP contribution in [0, 0.1) is 0 Å². The Balaban J connectivity index is 2.08. The molecule has 2 aromatic carbocycles. The highest BCUT2D eigenvalue weighted by molar-refractivity contribution is 5.96. The highest BCUT2D eigenvalue weighted by Gasteiger charge is 2.09. The third kappa shape index (κ3) is 5.51. The lowest BCUT2D eigenvalue weighted by Gasteiger charge is -2.16. The molecule has 0 atom stereocenters. The summed E-state index contributed by atoms with van der Waals surface area (Å²) in [5, 5.41) is 0. The van der Waals surface area contributed by atoms with Gasteiger partial charge in [-0.1, -0.05) is 42.5 Å². The smallest absolute Gasteiger partial charge is 0.236 e. The molecule has 5 nitrogen and oxygen atoms in total. The van der Waals surface area contributed by atoms with Crippen molar-refractivity contribution in [3.8, 4) is 11.1 Å². The molecule has 138 valence electrons. The van der Waals surface area contributed by atoms with Gasteiger partial charge in [-0.2, -0.15) is 0 Å². The molecular weight excluding hydrogens is 328 g/mol. The molecule has 2 rings (SSSR count). The molecule has 26 heavy (non-hydrogen) atoms. The van der Waals surface area contributed by atoms with Gasteiger partial charge in [0.05, 0.1) is 6.54 Å². The largest absolute Gasteiger partial charge is 0.385 e. The van der Waals surface area contributed by atoms with Gasteiger partial charge in [0.25, 0.3) is 0 Å². The second-order valence-electron chi connectivity index (χ2n) is 6.25. The van der Waals surface area contributed by atoms with Crippen LogP contribution in [0.1, 0.15) is 28.8 Å². The molecule has 5 heteroatoms. The third-order valence-corrected chi connectivity index (χ3v) is 4.24. The molecule has 1 amide bonds. The summed E-state index contributed by atoms with van der Waals surface area (Å²) in [7, 11) is 3.38. The molecule has 0 radical (unpaired) electrons. The van der Waals surface area contributed by atoms with Crippen LogP contribution in [0.5, 0.6) is 0 Å². The Morgan fingerprint density at radius 2 is 1.81 bits per heavy atom. The molecule has 0 spiro atoms. The maximum Gasteiger partial charge on any atom is 0.236 e. The molecule has 0 unspecified atom stereocenters. The molecule has 0 aromatic heterocycles. The van der Waals surface area contributed by atoms with Crippen molar-refractivity contribution < 1.29 is 14.3 Å². The predicted molar refractivity (Wildman–Crippen MR) is 103 cm³/mol. The maximum atomic E-state index is 12.1. The van der Waals surface area contributed by atoms with Gasteiger partial charge in [0, 0.05) is 39.3 Å². The highest BCUT2D eigenvalue weighted by atomic mass is 16.5. The van der Waals surface area contributed by atoms with Crippen LogP contribution in [-0.4, -0.2) is 43.9 Å². The van der Waals surface area contributed by atoms with Gasteiger partial charge in [-0.15, -0.1) is 0 Å². The molecule has 0 bridgehead atoms. The number of likely N-dealkylation sites (N-methyl/N-ethyl adjacent to an activating group) is 1. The number of nitrogens with zero attached hydrogens (tertiary/aromatic N) is 1. The Kier molecular flexibility index (Phi) is 7.51. The molecule has 2 N–H and O–H groups in total. The summed E-state index contributed by atoms with van der Waals surface area (Å²) in [5.41, 5.74) is 9.24. The van der Waals surface area contributed by atoms with Crippen molar-refractivity contribution >= 4 is 11.7 Å². The molecule has 0 aliphatic rings. The minimum absolute atomic E-state index is 0.00998. The minimum Gasteiger partial charge on any atom is -0.385 e. The number of hydrogen-bond donors (Lipinski definition) is 1. The molecule has 2 aromatic rings. The van der Waals surface area contributed by atoms with Crippen LogP contribution in [0.3, 0.4) is 0 Å². The van der Waals surface area contributed by atoms with Crippen LogP contribution < -0.4 is 5.73 Å². The number of carbonyl (C=O) groups is 2. The monoisotopic (exact) mass is 354 g/mol. The van der Waals surface area contributed by atoms with E-state index < -0.39 is 0 Å². The van der Waals surface area contributed by atoms with E-state index in [4.69, 9.17) is 10.5 Å². The van der Waals surface area contributed by atoms with Crippen LogP contribution >= 0.6 is 0 Å². The van der Waals surface area contributed by atoms with Crippen LogP contribution in [0.4, 0.5) is 0 Å². The number of ether oxygens (including phenoxy) is 1. The van der Waals surface area contributed by atoms with E-state index in [2.05, 4.69) is 6.07 Å². The first kappa shape index (κ1) is 19.8. The highest BCUT2D eigenvalue weighted by Crippen LogP contribution is 2.22. The summed E-state index contributed by atoms with van der Waals surface area (Å²) in [6, 6.07) is 15.7. The van der Waals surface area contributed by atoms with Crippen molar-refractivity contribution in [2.75, 3.05) is 27.3 Å². The number of hydrogen-bond acceptors (Lipinski definition) is 4. The van der Waals surface area contributed by atoms with Crippen LogP contribution in [0.2, 0.25) is 0 Å². The Bertz CT molecular complexity index is 741. The topological polar surface area (TPSA) is 72.6 Å². The van der Waals surface area contributed by atoms with Crippen LogP contribution in [0.25, 0.3) is 11.1 Å². The molecule has 0 aliphatic heterocycles. The van der Waals surface area contributed by atoms with E-state index in [1.807, 2.05) is 42.5 Å². The van der Waals surface area contributed by atoms with E-state index >= 15 is 0 Å². The van der Waals surface area contributed by atoms with E-state index in [0.717, 1.165) is 23.1 Å². The number of benzene rings is 2. The van der Waals surface area contributed by atoms with E-state index in [9.17, 15) is 9.59 Å². The quantitative estimate of drug-likeness (QED) is 0.555. The van der Waals surface area contributed by atoms with Gasteiger partial charge in [0.1, 0.15) is 0 Å². The first-order valence-corrected chi connectivity index (χ1v) is 8.70. The van der Waals surface area contributed by atoms with Gasteiger partial charge in [-0.3, -0.25) is 9.59 Å². The van der Waals surface area contributed by atoms with Crippen molar-refractivity contribution in [2.45, 2.75) is 19.4 Å². The van der Waals surface area contributed by atoms with Gasteiger partial charge in [0.15, 0.2) is 5.78 Å². The maximum absolute atomic E-state index is 12.1. The van der Waals surface area contributed by atoms with Gasteiger partial charge in [-0.05, 0) is 29.2 Å². The molecule has 0 saturated heterocycles. The average Bonchev–Trinajstić information content (AvgIpc) is 2.67. The number of nitrogens with two attached hydrogens (primary N) is 1. The Morgan fingerprint density at radius 1 is 1.08 bits per heavy atom.